The zero-order valence-electron chi connectivity index (χ0n) is 23.4. The van der Waals surface area contributed by atoms with Crippen molar-refractivity contribution in [3.05, 3.63) is 58.7 Å². The highest BCUT2D eigenvalue weighted by atomic mass is 16.6. The number of carbonyl (C=O) groups excluding carboxylic acids is 2. The number of hydrogen-bond donors (Lipinski definition) is 6. The normalized spacial score (nSPS) is 38.2. The van der Waals surface area contributed by atoms with Crippen LogP contribution in [0.3, 0.4) is 0 Å². The number of carbonyl (C=O) groups is 2. The van der Waals surface area contributed by atoms with E-state index in [2.05, 4.69) is 0 Å². The first-order valence-electron chi connectivity index (χ1n) is 13.9. The van der Waals surface area contributed by atoms with Gasteiger partial charge in [0, 0.05) is 11.1 Å². The van der Waals surface area contributed by atoms with Crippen molar-refractivity contribution < 1.29 is 49.7 Å². The van der Waals surface area contributed by atoms with Crippen LogP contribution in [0.15, 0.2) is 36.4 Å². The maximum Gasteiger partial charge on any atom is 0.262 e. The van der Waals surface area contributed by atoms with Crippen LogP contribution in [0.2, 0.25) is 0 Å². The maximum atomic E-state index is 14.3. The molecule has 2 amide bonds. The van der Waals surface area contributed by atoms with Crippen molar-refractivity contribution in [2.75, 3.05) is 9.80 Å². The molecule has 6 N–H and O–H groups in total. The molecule has 2 fully saturated rings. The molecular weight excluding hydrogens is 548 g/mol. The molecule has 12 heteroatoms. The number of aryl methyl sites for hydroxylation is 2. The predicted molar refractivity (Wildman–Crippen MR) is 149 cm³/mol. The molecule has 4 heterocycles. The minimum atomic E-state index is -1.65. The number of rotatable bonds is 2. The van der Waals surface area contributed by atoms with Crippen molar-refractivity contribution in [1.29, 1.82) is 0 Å². The molecule has 0 spiro atoms. The second-order valence-electron chi connectivity index (χ2n) is 11.5. The zero-order chi connectivity index (χ0) is 30.4. The average Bonchev–Trinajstić information content (AvgIpc) is 3.38. The number of nitrogens with zero attached hydrogens (tertiary/aromatic N) is 2. The lowest BCUT2D eigenvalue weighted by molar-refractivity contribution is -0.216. The number of benzene rings is 2. The molecule has 2 aromatic rings. The summed E-state index contributed by atoms with van der Waals surface area (Å²) >= 11 is 0. The van der Waals surface area contributed by atoms with Crippen molar-refractivity contribution in [2.45, 2.75) is 89.0 Å². The van der Waals surface area contributed by atoms with Crippen LogP contribution in [-0.2, 0) is 19.1 Å². The van der Waals surface area contributed by atoms with Gasteiger partial charge in [-0.3, -0.25) is 19.4 Å². The standard InChI is InChI=1S/C30H34N2O10/c1-11-5-7-17-15(9-11)19(27(39)31(17)29-25(37)23(35)21(33)13(3)41-29)20-16-10-12(2)6-8-18(16)32(28(20)40)30-26(38)24(36)22(34)14(4)42-30/h5-10,13-14,21-26,29-30,33-38H,1-4H3/b20-19+/t13-,14-,21-,22-,23+,24+,25+,26+,29-,30-/m0/s1. The number of fused-ring (bicyclic) bond motifs is 2. The molecule has 42 heavy (non-hydrogen) atoms. The molecule has 12 nitrogen and oxygen atoms in total. The van der Waals surface area contributed by atoms with E-state index in [1.54, 1.807) is 36.4 Å². The van der Waals surface area contributed by atoms with Crippen LogP contribution in [-0.4, -0.2) is 104 Å². The Bertz CT molecular complexity index is 1380. The highest BCUT2D eigenvalue weighted by Crippen LogP contribution is 2.49. The first kappa shape index (κ1) is 28.9. The molecule has 0 bridgehead atoms. The lowest BCUT2D eigenvalue weighted by atomic mass is 9.94. The van der Waals surface area contributed by atoms with E-state index in [-0.39, 0.29) is 11.1 Å². The van der Waals surface area contributed by atoms with Crippen LogP contribution in [0.1, 0.15) is 36.1 Å². The summed E-state index contributed by atoms with van der Waals surface area (Å²) < 4.78 is 11.7. The Labute approximate surface area is 241 Å². The minimum absolute atomic E-state index is 0.0241. The third kappa shape index (κ3) is 4.13. The summed E-state index contributed by atoms with van der Waals surface area (Å²) in [5, 5.41) is 63.2. The van der Waals surface area contributed by atoms with Crippen molar-refractivity contribution in [3.8, 4) is 0 Å². The fourth-order valence-electron chi connectivity index (χ4n) is 6.28. The van der Waals surface area contributed by atoms with Gasteiger partial charge in [0.2, 0.25) is 0 Å². The van der Waals surface area contributed by atoms with E-state index in [9.17, 15) is 40.2 Å². The van der Waals surface area contributed by atoms with Crippen LogP contribution in [0.25, 0.3) is 11.1 Å². The van der Waals surface area contributed by atoms with Gasteiger partial charge in [-0.1, -0.05) is 23.3 Å². The number of ether oxygens (including phenoxy) is 2. The van der Waals surface area contributed by atoms with Gasteiger partial charge in [-0.2, -0.15) is 0 Å². The van der Waals surface area contributed by atoms with Gasteiger partial charge in [0.25, 0.3) is 11.8 Å². The van der Waals surface area contributed by atoms with Gasteiger partial charge in [-0.05, 0) is 52.0 Å². The fraction of sp³-hybridized carbons (Fsp3) is 0.467. The summed E-state index contributed by atoms with van der Waals surface area (Å²) in [6, 6.07) is 10.3. The smallest absolute Gasteiger partial charge is 0.262 e. The quantitative estimate of drug-likeness (QED) is 0.254. The molecule has 2 aromatic carbocycles. The SMILES string of the molecule is Cc1ccc2c(c1)/C(=C1\C(=O)N([C@H]3O[C@@H](C)[C@H](O)[C@@H](O)[C@H]3O)c3ccc(C)cc31)C(=O)N2[C@H]1O[C@@H](C)[C@H](O)[C@@H](O)[C@H]1O. The molecule has 4 aliphatic rings. The third-order valence-electron chi connectivity index (χ3n) is 8.64. The number of hydrogen-bond acceptors (Lipinski definition) is 10. The number of aliphatic hydroxyl groups excluding tert-OH is 6. The molecule has 0 unspecified atom stereocenters. The van der Waals surface area contributed by atoms with Crippen LogP contribution in [0.5, 0.6) is 0 Å². The van der Waals surface area contributed by atoms with E-state index in [0.29, 0.717) is 22.5 Å². The van der Waals surface area contributed by atoms with Gasteiger partial charge >= 0.3 is 0 Å². The topological polar surface area (TPSA) is 180 Å². The predicted octanol–water partition coefficient (Wildman–Crippen LogP) is -0.438. The van der Waals surface area contributed by atoms with Crippen molar-refractivity contribution >= 4 is 34.3 Å². The second kappa shape index (κ2) is 10.2. The lowest BCUT2D eigenvalue weighted by Crippen LogP contribution is -2.62. The van der Waals surface area contributed by atoms with Crippen molar-refractivity contribution in [2.24, 2.45) is 0 Å². The Morgan fingerprint density at radius 2 is 0.929 bits per heavy atom. The van der Waals surface area contributed by atoms with Gasteiger partial charge in [-0.15, -0.1) is 0 Å². The second-order valence-corrected chi connectivity index (χ2v) is 11.5. The van der Waals surface area contributed by atoms with E-state index in [1.807, 2.05) is 13.8 Å². The first-order valence-corrected chi connectivity index (χ1v) is 13.9. The summed E-state index contributed by atoms with van der Waals surface area (Å²) in [7, 11) is 0. The Morgan fingerprint density at radius 3 is 1.29 bits per heavy atom. The molecular formula is C30H34N2O10. The Morgan fingerprint density at radius 1 is 0.571 bits per heavy atom. The molecule has 224 valence electrons. The van der Waals surface area contributed by atoms with E-state index >= 15 is 0 Å². The first-order chi connectivity index (χ1) is 19.8. The van der Waals surface area contributed by atoms with E-state index in [4.69, 9.17) is 9.47 Å². The van der Waals surface area contributed by atoms with Crippen molar-refractivity contribution in [1.82, 2.24) is 0 Å². The van der Waals surface area contributed by atoms with Crippen LogP contribution in [0.4, 0.5) is 11.4 Å². The van der Waals surface area contributed by atoms with Gasteiger partial charge < -0.3 is 40.1 Å². The van der Waals surface area contributed by atoms with E-state index in [0.717, 1.165) is 11.1 Å². The van der Waals surface area contributed by atoms with Gasteiger partial charge in [0.1, 0.15) is 36.6 Å². The van der Waals surface area contributed by atoms with Crippen LogP contribution < -0.4 is 9.80 Å². The van der Waals surface area contributed by atoms with Crippen LogP contribution in [0, 0.1) is 13.8 Å². The third-order valence-corrected chi connectivity index (χ3v) is 8.64. The molecule has 4 aliphatic heterocycles. The lowest BCUT2D eigenvalue weighted by Gasteiger charge is -2.43. The Hall–Kier alpha value is -3.20. The Balaban J connectivity index is 1.53. The highest BCUT2D eigenvalue weighted by Gasteiger charge is 2.53. The average molecular weight is 583 g/mol. The van der Waals surface area contributed by atoms with E-state index < -0.39 is 73.1 Å². The summed E-state index contributed by atoms with van der Waals surface area (Å²) in [6.07, 6.45) is -13.8. The molecule has 2 saturated heterocycles. The molecule has 6 rings (SSSR count). The number of anilines is 2. The van der Waals surface area contributed by atoms with Gasteiger partial charge in [0.05, 0.1) is 34.7 Å². The van der Waals surface area contributed by atoms with Gasteiger partial charge in [0.15, 0.2) is 12.5 Å². The molecule has 0 saturated carbocycles. The summed E-state index contributed by atoms with van der Waals surface area (Å²) in [5.74, 6) is -1.33. The fourth-order valence-corrected chi connectivity index (χ4v) is 6.28. The highest BCUT2D eigenvalue weighted by molar-refractivity contribution is 6.50. The van der Waals surface area contributed by atoms with E-state index in [1.165, 1.54) is 23.6 Å². The summed E-state index contributed by atoms with van der Waals surface area (Å²) in [4.78, 5) is 31.1. The number of amides is 2. The minimum Gasteiger partial charge on any atom is -0.388 e. The summed E-state index contributed by atoms with van der Waals surface area (Å²) in [6.45, 7) is 6.68. The number of aliphatic hydroxyl groups is 6. The molecule has 10 atom stereocenters. The maximum absolute atomic E-state index is 14.3. The molecule has 0 aliphatic carbocycles. The van der Waals surface area contributed by atoms with Crippen LogP contribution >= 0.6 is 0 Å². The van der Waals surface area contributed by atoms with Gasteiger partial charge in [-0.25, -0.2) is 0 Å². The molecule has 0 aromatic heterocycles. The largest absolute Gasteiger partial charge is 0.388 e. The summed E-state index contributed by atoms with van der Waals surface area (Å²) in [5.41, 5.74) is 3.11. The van der Waals surface area contributed by atoms with Crippen molar-refractivity contribution in [3.63, 3.8) is 0 Å². The zero-order valence-corrected chi connectivity index (χ0v) is 23.4. The Kier molecular flexibility index (Phi) is 7.03. The monoisotopic (exact) mass is 582 g/mol. The molecule has 0 radical (unpaired) electrons.